The lowest BCUT2D eigenvalue weighted by molar-refractivity contribution is -0.117. The first-order valence-corrected chi connectivity index (χ1v) is 6.40. The first kappa shape index (κ1) is 16.0. The van der Waals surface area contributed by atoms with Crippen LogP contribution in [0.4, 0.5) is 10.5 Å². The molecule has 0 spiro atoms. The SMILES string of the molecule is [CH2]c1ccc(NC(=O)[C@H](C)NC(=O)OC(C)(C)C)cc1. The highest BCUT2D eigenvalue weighted by Crippen LogP contribution is 2.09. The average Bonchev–Trinajstić information content (AvgIpc) is 2.29. The number of alkyl carbamates (subject to hydrolysis) is 1. The Morgan fingerprint density at radius 3 is 2.25 bits per heavy atom. The van der Waals surface area contributed by atoms with Gasteiger partial charge >= 0.3 is 6.09 Å². The fourth-order valence-corrected chi connectivity index (χ4v) is 1.39. The second kappa shape index (κ2) is 6.41. The van der Waals surface area contributed by atoms with Gasteiger partial charge in [-0.05, 0) is 52.3 Å². The van der Waals surface area contributed by atoms with Gasteiger partial charge in [0.05, 0.1) is 0 Å². The van der Waals surface area contributed by atoms with E-state index in [4.69, 9.17) is 4.74 Å². The lowest BCUT2D eigenvalue weighted by Gasteiger charge is -2.21. The summed E-state index contributed by atoms with van der Waals surface area (Å²) in [6.45, 7) is 10.6. The minimum Gasteiger partial charge on any atom is -0.444 e. The molecule has 0 aliphatic heterocycles. The Kier molecular flexibility index (Phi) is 5.13. The Morgan fingerprint density at radius 1 is 1.20 bits per heavy atom. The van der Waals surface area contributed by atoms with Crippen molar-refractivity contribution in [3.05, 3.63) is 36.8 Å². The van der Waals surface area contributed by atoms with E-state index in [2.05, 4.69) is 17.6 Å². The molecule has 1 atom stereocenters. The number of amides is 2. The van der Waals surface area contributed by atoms with Crippen molar-refractivity contribution in [3.63, 3.8) is 0 Å². The molecule has 0 bridgehead atoms. The Balaban J connectivity index is 2.51. The van der Waals surface area contributed by atoms with Crippen LogP contribution in [0.2, 0.25) is 0 Å². The van der Waals surface area contributed by atoms with E-state index < -0.39 is 17.7 Å². The second-order valence-electron chi connectivity index (χ2n) is 5.55. The van der Waals surface area contributed by atoms with Crippen LogP contribution in [-0.4, -0.2) is 23.6 Å². The number of nitrogens with one attached hydrogen (secondary N) is 2. The highest BCUT2D eigenvalue weighted by Gasteiger charge is 2.20. The number of carbonyl (C=O) groups excluding carboxylic acids is 2. The maximum Gasteiger partial charge on any atom is 0.408 e. The van der Waals surface area contributed by atoms with E-state index in [1.807, 2.05) is 0 Å². The van der Waals surface area contributed by atoms with Crippen molar-refractivity contribution in [2.24, 2.45) is 0 Å². The molecular formula is C15H21N2O3. The maximum absolute atomic E-state index is 11.9. The summed E-state index contributed by atoms with van der Waals surface area (Å²) in [5.74, 6) is -0.312. The zero-order valence-electron chi connectivity index (χ0n) is 12.3. The molecule has 0 heterocycles. The van der Waals surface area contributed by atoms with Crippen molar-refractivity contribution >= 4 is 17.7 Å². The van der Waals surface area contributed by atoms with Crippen molar-refractivity contribution in [2.75, 3.05) is 5.32 Å². The molecule has 5 heteroatoms. The quantitative estimate of drug-likeness (QED) is 0.892. The Bertz CT molecular complexity index is 475. The van der Waals surface area contributed by atoms with Gasteiger partial charge in [0.1, 0.15) is 11.6 Å². The van der Waals surface area contributed by atoms with E-state index in [0.29, 0.717) is 5.69 Å². The molecule has 0 aromatic heterocycles. The van der Waals surface area contributed by atoms with Gasteiger partial charge in [0.25, 0.3) is 0 Å². The van der Waals surface area contributed by atoms with Crippen molar-refractivity contribution in [3.8, 4) is 0 Å². The van der Waals surface area contributed by atoms with Crippen LogP contribution in [0.15, 0.2) is 24.3 Å². The van der Waals surface area contributed by atoms with Crippen LogP contribution in [0.1, 0.15) is 33.3 Å². The molecule has 0 saturated carbocycles. The van der Waals surface area contributed by atoms with Gasteiger partial charge in [-0.1, -0.05) is 12.1 Å². The van der Waals surface area contributed by atoms with Crippen LogP contribution in [0.3, 0.4) is 0 Å². The Morgan fingerprint density at radius 2 is 1.75 bits per heavy atom. The van der Waals surface area contributed by atoms with Crippen LogP contribution >= 0.6 is 0 Å². The predicted octanol–water partition coefficient (Wildman–Crippen LogP) is 2.72. The van der Waals surface area contributed by atoms with E-state index in [9.17, 15) is 9.59 Å². The third kappa shape index (κ3) is 5.73. The van der Waals surface area contributed by atoms with Crippen molar-refractivity contribution in [1.82, 2.24) is 5.32 Å². The molecule has 1 aromatic rings. The summed E-state index contributed by atoms with van der Waals surface area (Å²) < 4.78 is 5.09. The normalized spacial score (nSPS) is 12.4. The van der Waals surface area contributed by atoms with Crippen LogP contribution in [0.5, 0.6) is 0 Å². The number of rotatable bonds is 3. The zero-order valence-corrected chi connectivity index (χ0v) is 12.3. The van der Waals surface area contributed by atoms with Crippen LogP contribution in [0, 0.1) is 6.92 Å². The van der Waals surface area contributed by atoms with Crippen LogP contribution < -0.4 is 10.6 Å². The minimum atomic E-state index is -0.690. The molecule has 109 valence electrons. The van der Waals surface area contributed by atoms with Gasteiger partial charge in [-0.15, -0.1) is 0 Å². The molecule has 1 rings (SSSR count). The molecule has 0 aliphatic carbocycles. The number of anilines is 1. The summed E-state index contributed by atoms with van der Waals surface area (Å²) in [6, 6.07) is 6.40. The fourth-order valence-electron chi connectivity index (χ4n) is 1.39. The third-order valence-electron chi connectivity index (χ3n) is 2.35. The van der Waals surface area contributed by atoms with Gasteiger partial charge in [0, 0.05) is 5.69 Å². The molecule has 0 fully saturated rings. The first-order valence-electron chi connectivity index (χ1n) is 6.40. The largest absolute Gasteiger partial charge is 0.444 e. The smallest absolute Gasteiger partial charge is 0.408 e. The monoisotopic (exact) mass is 277 g/mol. The van der Waals surface area contributed by atoms with Crippen molar-refractivity contribution in [1.29, 1.82) is 0 Å². The summed E-state index contributed by atoms with van der Waals surface area (Å²) in [5, 5.41) is 5.18. The summed E-state index contributed by atoms with van der Waals surface area (Å²) in [6.07, 6.45) is -0.617. The van der Waals surface area contributed by atoms with Crippen molar-refractivity contribution in [2.45, 2.75) is 39.3 Å². The minimum absolute atomic E-state index is 0.312. The Labute approximate surface area is 119 Å². The predicted molar refractivity (Wildman–Crippen MR) is 78.4 cm³/mol. The van der Waals surface area contributed by atoms with E-state index in [0.717, 1.165) is 5.56 Å². The standard InChI is InChI=1S/C15H21N2O3/c1-10-6-8-12(9-7-10)17-13(18)11(2)16-14(19)20-15(3,4)5/h6-9,11H,1H2,2-5H3,(H,16,19)(H,17,18)/t11-/m0/s1. The van der Waals surface area contributed by atoms with E-state index in [1.165, 1.54) is 0 Å². The lowest BCUT2D eigenvalue weighted by Crippen LogP contribution is -2.43. The molecule has 0 aliphatic rings. The van der Waals surface area contributed by atoms with Gasteiger partial charge in [0.15, 0.2) is 0 Å². The Hall–Kier alpha value is -2.04. The van der Waals surface area contributed by atoms with Gasteiger partial charge in [-0.25, -0.2) is 4.79 Å². The summed E-state index contributed by atoms with van der Waals surface area (Å²) in [7, 11) is 0. The van der Waals surface area contributed by atoms with E-state index in [-0.39, 0.29) is 5.91 Å². The molecule has 0 saturated heterocycles. The highest BCUT2D eigenvalue weighted by molar-refractivity contribution is 5.96. The first-order chi connectivity index (χ1) is 9.17. The van der Waals surface area contributed by atoms with Gasteiger partial charge in [0.2, 0.25) is 5.91 Å². The topological polar surface area (TPSA) is 67.4 Å². The summed E-state index contributed by atoms with van der Waals surface area (Å²) in [4.78, 5) is 23.5. The summed E-state index contributed by atoms with van der Waals surface area (Å²) in [5.41, 5.74) is 0.924. The number of hydrogen-bond donors (Lipinski definition) is 2. The third-order valence-corrected chi connectivity index (χ3v) is 2.35. The van der Waals surface area contributed by atoms with Crippen LogP contribution in [0.25, 0.3) is 0 Å². The molecule has 2 N–H and O–H groups in total. The van der Waals surface area contributed by atoms with Gasteiger partial charge in [-0.3, -0.25) is 4.79 Å². The zero-order chi connectivity index (χ0) is 15.3. The molecule has 1 radical (unpaired) electrons. The second-order valence-corrected chi connectivity index (χ2v) is 5.55. The number of benzene rings is 1. The summed E-state index contributed by atoms with van der Waals surface area (Å²) >= 11 is 0. The average molecular weight is 277 g/mol. The van der Waals surface area contributed by atoms with Crippen molar-refractivity contribution < 1.29 is 14.3 Å². The molecular weight excluding hydrogens is 256 g/mol. The molecule has 1 aromatic carbocycles. The lowest BCUT2D eigenvalue weighted by atomic mass is 10.2. The van der Waals surface area contributed by atoms with Gasteiger partial charge < -0.3 is 15.4 Å². The van der Waals surface area contributed by atoms with Crippen LogP contribution in [-0.2, 0) is 9.53 Å². The fraction of sp³-hybridized carbons (Fsp3) is 0.400. The highest BCUT2D eigenvalue weighted by atomic mass is 16.6. The van der Waals surface area contributed by atoms with Gasteiger partial charge in [-0.2, -0.15) is 0 Å². The molecule has 20 heavy (non-hydrogen) atoms. The van der Waals surface area contributed by atoms with E-state index >= 15 is 0 Å². The molecule has 2 amide bonds. The maximum atomic E-state index is 11.9. The number of carbonyl (C=O) groups is 2. The number of ether oxygens (including phenoxy) is 1. The molecule has 5 nitrogen and oxygen atoms in total. The number of hydrogen-bond acceptors (Lipinski definition) is 3. The molecule has 0 unspecified atom stereocenters. The van der Waals surface area contributed by atoms with E-state index in [1.54, 1.807) is 52.0 Å².